The standard InChI is InChI=1S/C12H22N4OS/c1-12(2,3)7-16(6)10(17)8-9(13)14-11(18-8)15(4)5/h7,13H2,1-6H3. The highest BCUT2D eigenvalue weighted by Gasteiger charge is 2.23. The van der Waals surface area contributed by atoms with Gasteiger partial charge in [-0.3, -0.25) is 4.79 Å². The molecule has 5 nitrogen and oxygen atoms in total. The molecule has 0 aliphatic rings. The van der Waals surface area contributed by atoms with Gasteiger partial charge < -0.3 is 15.5 Å². The number of aromatic nitrogens is 1. The van der Waals surface area contributed by atoms with Crippen molar-refractivity contribution in [2.75, 3.05) is 38.3 Å². The van der Waals surface area contributed by atoms with Gasteiger partial charge in [0, 0.05) is 27.7 Å². The lowest BCUT2D eigenvalue weighted by Gasteiger charge is -2.26. The minimum Gasteiger partial charge on any atom is -0.382 e. The summed E-state index contributed by atoms with van der Waals surface area (Å²) in [5.74, 6) is 0.252. The highest BCUT2D eigenvalue weighted by Crippen LogP contribution is 2.28. The number of hydrogen-bond donors (Lipinski definition) is 1. The molecule has 18 heavy (non-hydrogen) atoms. The molecule has 0 aliphatic carbocycles. The Kier molecular flexibility index (Phi) is 4.21. The molecule has 0 spiro atoms. The highest BCUT2D eigenvalue weighted by molar-refractivity contribution is 7.18. The minimum absolute atomic E-state index is 0.0620. The van der Waals surface area contributed by atoms with Crippen LogP contribution in [0.3, 0.4) is 0 Å². The van der Waals surface area contributed by atoms with Gasteiger partial charge >= 0.3 is 0 Å². The van der Waals surface area contributed by atoms with Crippen LogP contribution in [0.4, 0.5) is 10.9 Å². The molecule has 0 unspecified atom stereocenters. The third kappa shape index (κ3) is 3.60. The van der Waals surface area contributed by atoms with Crippen molar-refractivity contribution in [3.05, 3.63) is 4.88 Å². The molecule has 0 fully saturated rings. The van der Waals surface area contributed by atoms with E-state index < -0.39 is 0 Å². The fourth-order valence-electron chi connectivity index (χ4n) is 1.62. The minimum atomic E-state index is -0.0620. The maximum atomic E-state index is 12.3. The van der Waals surface area contributed by atoms with E-state index in [2.05, 4.69) is 25.8 Å². The van der Waals surface area contributed by atoms with Gasteiger partial charge in [0.25, 0.3) is 5.91 Å². The largest absolute Gasteiger partial charge is 0.382 e. The number of nitrogens with zero attached hydrogens (tertiary/aromatic N) is 3. The summed E-state index contributed by atoms with van der Waals surface area (Å²) in [4.78, 5) is 20.5. The van der Waals surface area contributed by atoms with E-state index in [9.17, 15) is 4.79 Å². The van der Waals surface area contributed by atoms with E-state index in [0.717, 1.165) is 5.13 Å². The molecule has 0 saturated carbocycles. The predicted octanol–water partition coefficient (Wildman–Crippen LogP) is 1.91. The summed E-state index contributed by atoms with van der Waals surface area (Å²) in [5.41, 5.74) is 5.87. The van der Waals surface area contributed by atoms with Crippen LogP contribution in [0.25, 0.3) is 0 Å². The van der Waals surface area contributed by atoms with Crippen molar-refractivity contribution >= 4 is 28.2 Å². The Morgan fingerprint density at radius 1 is 1.33 bits per heavy atom. The summed E-state index contributed by atoms with van der Waals surface area (Å²) in [6, 6.07) is 0. The van der Waals surface area contributed by atoms with E-state index in [4.69, 9.17) is 5.73 Å². The van der Waals surface area contributed by atoms with Gasteiger partial charge in [-0.25, -0.2) is 4.98 Å². The Labute approximate surface area is 113 Å². The lowest BCUT2D eigenvalue weighted by molar-refractivity contribution is 0.0751. The first-order valence-corrected chi connectivity index (χ1v) is 6.62. The van der Waals surface area contributed by atoms with Crippen molar-refractivity contribution in [1.82, 2.24) is 9.88 Å². The molecule has 1 rings (SSSR count). The zero-order chi connectivity index (χ0) is 14.1. The average molecular weight is 270 g/mol. The number of anilines is 2. The summed E-state index contributed by atoms with van der Waals surface area (Å²) in [7, 11) is 5.55. The second kappa shape index (κ2) is 5.14. The van der Waals surface area contributed by atoms with Crippen LogP contribution in [-0.4, -0.2) is 43.5 Å². The van der Waals surface area contributed by atoms with E-state index in [-0.39, 0.29) is 11.3 Å². The average Bonchev–Trinajstić information content (AvgIpc) is 2.56. The molecule has 0 atom stereocenters. The molecule has 0 radical (unpaired) electrons. The van der Waals surface area contributed by atoms with Crippen molar-refractivity contribution in [2.45, 2.75) is 20.8 Å². The van der Waals surface area contributed by atoms with Crippen molar-refractivity contribution < 1.29 is 4.79 Å². The van der Waals surface area contributed by atoms with Crippen LogP contribution >= 0.6 is 11.3 Å². The van der Waals surface area contributed by atoms with Crippen LogP contribution in [-0.2, 0) is 0 Å². The van der Waals surface area contributed by atoms with Gasteiger partial charge in [0.1, 0.15) is 10.7 Å². The SMILES string of the molecule is CN(CC(C)(C)C)C(=O)c1sc(N(C)C)nc1N. The molecular formula is C12H22N4OS. The van der Waals surface area contributed by atoms with Crippen LogP contribution in [0.1, 0.15) is 30.4 Å². The van der Waals surface area contributed by atoms with Crippen LogP contribution in [0.5, 0.6) is 0 Å². The van der Waals surface area contributed by atoms with Crippen molar-refractivity contribution in [2.24, 2.45) is 5.41 Å². The second-order valence-electron chi connectivity index (χ2n) is 5.83. The smallest absolute Gasteiger partial charge is 0.267 e. The fraction of sp³-hybridized carbons (Fsp3) is 0.667. The molecule has 1 aromatic heterocycles. The van der Waals surface area contributed by atoms with Crippen LogP contribution in [0.2, 0.25) is 0 Å². The third-order valence-corrected chi connectivity index (χ3v) is 3.50. The van der Waals surface area contributed by atoms with Crippen molar-refractivity contribution in [1.29, 1.82) is 0 Å². The summed E-state index contributed by atoms with van der Waals surface area (Å²) in [6.07, 6.45) is 0. The number of carbonyl (C=O) groups is 1. The van der Waals surface area contributed by atoms with Gasteiger partial charge in [0.2, 0.25) is 0 Å². The van der Waals surface area contributed by atoms with E-state index in [1.165, 1.54) is 11.3 Å². The zero-order valence-corrected chi connectivity index (χ0v) is 12.8. The molecule has 6 heteroatoms. The summed E-state index contributed by atoms with van der Waals surface area (Å²) < 4.78 is 0. The van der Waals surface area contributed by atoms with Gasteiger partial charge in [-0.15, -0.1) is 0 Å². The number of amides is 1. The number of nitrogens with two attached hydrogens (primary N) is 1. The second-order valence-corrected chi connectivity index (χ2v) is 6.80. The third-order valence-electron chi connectivity index (χ3n) is 2.28. The van der Waals surface area contributed by atoms with Crippen LogP contribution in [0, 0.1) is 5.41 Å². The topological polar surface area (TPSA) is 62.5 Å². The van der Waals surface area contributed by atoms with E-state index in [0.29, 0.717) is 17.2 Å². The Hall–Kier alpha value is -1.30. The summed E-state index contributed by atoms with van der Waals surface area (Å²) in [5, 5.41) is 0.750. The monoisotopic (exact) mass is 270 g/mol. The number of thiazole rings is 1. The summed E-state index contributed by atoms with van der Waals surface area (Å²) in [6.45, 7) is 6.97. The molecular weight excluding hydrogens is 248 g/mol. The first kappa shape index (κ1) is 14.8. The van der Waals surface area contributed by atoms with Gasteiger partial charge in [0.05, 0.1) is 0 Å². The highest BCUT2D eigenvalue weighted by atomic mass is 32.1. The van der Waals surface area contributed by atoms with Gasteiger partial charge in [0.15, 0.2) is 5.13 Å². The fourth-order valence-corrected chi connectivity index (χ4v) is 2.52. The van der Waals surface area contributed by atoms with E-state index in [1.54, 1.807) is 11.9 Å². The molecule has 0 bridgehead atoms. The molecule has 1 aromatic rings. The predicted molar refractivity (Wildman–Crippen MR) is 77.3 cm³/mol. The normalized spacial score (nSPS) is 11.4. The maximum Gasteiger partial charge on any atom is 0.267 e. The Morgan fingerprint density at radius 3 is 2.28 bits per heavy atom. The van der Waals surface area contributed by atoms with Gasteiger partial charge in [-0.2, -0.15) is 0 Å². The molecule has 1 amide bonds. The lowest BCUT2D eigenvalue weighted by atomic mass is 9.96. The van der Waals surface area contributed by atoms with E-state index in [1.807, 2.05) is 19.0 Å². The van der Waals surface area contributed by atoms with Gasteiger partial charge in [-0.05, 0) is 5.41 Å². The number of nitrogen functional groups attached to an aromatic ring is 1. The van der Waals surface area contributed by atoms with Crippen molar-refractivity contribution in [3.63, 3.8) is 0 Å². The number of carbonyl (C=O) groups excluding carboxylic acids is 1. The van der Waals surface area contributed by atoms with Crippen molar-refractivity contribution in [3.8, 4) is 0 Å². The molecule has 0 aromatic carbocycles. The Bertz CT molecular complexity index is 434. The van der Waals surface area contributed by atoms with Crippen LogP contribution in [0.15, 0.2) is 0 Å². The number of hydrogen-bond acceptors (Lipinski definition) is 5. The molecule has 1 heterocycles. The molecule has 0 aliphatic heterocycles. The van der Waals surface area contributed by atoms with Crippen LogP contribution < -0.4 is 10.6 Å². The maximum absolute atomic E-state index is 12.3. The quantitative estimate of drug-likeness (QED) is 0.911. The van der Waals surface area contributed by atoms with E-state index >= 15 is 0 Å². The molecule has 102 valence electrons. The lowest BCUT2D eigenvalue weighted by Crippen LogP contribution is -2.34. The molecule has 2 N–H and O–H groups in total. The summed E-state index contributed by atoms with van der Waals surface area (Å²) >= 11 is 1.33. The first-order chi connectivity index (χ1) is 8.11. The van der Waals surface area contributed by atoms with Gasteiger partial charge in [-0.1, -0.05) is 32.1 Å². The zero-order valence-electron chi connectivity index (χ0n) is 11.9. The Morgan fingerprint density at radius 2 is 1.89 bits per heavy atom. The first-order valence-electron chi connectivity index (χ1n) is 5.81. The number of rotatable bonds is 3. The Balaban J connectivity index is 2.90. The molecule has 0 saturated heterocycles.